The highest BCUT2D eigenvalue weighted by Gasteiger charge is 2.25. The minimum absolute atomic E-state index is 0.0662. The molecule has 0 aromatic carbocycles. The van der Waals surface area contributed by atoms with Crippen molar-refractivity contribution in [2.45, 2.75) is 80.1 Å². The standard InChI is InChI=1S/C35H42N4O6/c1-9-22-18(3)26(36-28(22)16-29-23(10-2)20(5)34(42)38-29)15-27-19(4)24(11-13-32(40)44-7)30(37-27)17-31-25(12-14-33(41)45-8)21(6)35(43)39-31/h15-17,36-37H,9-14H2,1-8H3,(H,38,42)/b27-15+,29-16-,30-17-. The fourth-order valence-corrected chi connectivity index (χ4v) is 5.98. The van der Waals surface area contributed by atoms with Crippen LogP contribution in [0.3, 0.4) is 0 Å². The predicted molar refractivity (Wildman–Crippen MR) is 174 cm³/mol. The summed E-state index contributed by atoms with van der Waals surface area (Å²) in [6, 6.07) is 0. The van der Waals surface area contributed by atoms with E-state index in [1.807, 2.05) is 39.0 Å². The third-order valence-corrected chi connectivity index (χ3v) is 8.75. The van der Waals surface area contributed by atoms with E-state index < -0.39 is 0 Å². The molecule has 4 rings (SSSR count). The van der Waals surface area contributed by atoms with Crippen LogP contribution in [0.5, 0.6) is 0 Å². The number of nitrogens with zero attached hydrogens (tertiary/aromatic N) is 1. The number of carbonyl (C=O) groups excluding carboxylic acids is 4. The van der Waals surface area contributed by atoms with Crippen molar-refractivity contribution in [2.24, 2.45) is 4.99 Å². The van der Waals surface area contributed by atoms with E-state index in [4.69, 9.17) is 9.47 Å². The van der Waals surface area contributed by atoms with Gasteiger partial charge >= 0.3 is 11.9 Å². The van der Waals surface area contributed by atoms with E-state index in [9.17, 15) is 19.2 Å². The van der Waals surface area contributed by atoms with Crippen molar-refractivity contribution in [2.75, 3.05) is 14.2 Å². The maximum atomic E-state index is 12.6. The normalized spacial score (nSPS) is 16.8. The Morgan fingerprint density at radius 1 is 0.733 bits per heavy atom. The molecule has 0 spiro atoms. The second-order valence-electron chi connectivity index (χ2n) is 11.3. The molecular formula is C35H42N4O6. The minimum atomic E-state index is -0.365. The Bertz CT molecular complexity index is 1830. The van der Waals surface area contributed by atoms with Crippen LogP contribution in [0.4, 0.5) is 0 Å². The molecule has 2 amide bonds. The van der Waals surface area contributed by atoms with Crippen LogP contribution < -0.4 is 16.0 Å². The van der Waals surface area contributed by atoms with Crippen LogP contribution in [0.25, 0.3) is 18.2 Å². The van der Waals surface area contributed by atoms with Gasteiger partial charge in [0.25, 0.3) is 11.8 Å². The molecule has 238 valence electrons. The number of aromatic amines is 2. The molecule has 0 fully saturated rings. The number of aromatic nitrogens is 2. The monoisotopic (exact) mass is 614 g/mol. The summed E-state index contributed by atoms with van der Waals surface area (Å²) in [5, 5.41) is 4.56. The van der Waals surface area contributed by atoms with Crippen LogP contribution in [0.2, 0.25) is 0 Å². The van der Waals surface area contributed by atoms with E-state index in [0.29, 0.717) is 29.7 Å². The predicted octanol–water partition coefficient (Wildman–Crippen LogP) is 3.69. The fourth-order valence-electron chi connectivity index (χ4n) is 5.98. The second-order valence-corrected chi connectivity index (χ2v) is 11.3. The first-order valence-electron chi connectivity index (χ1n) is 15.3. The topological polar surface area (TPSA) is 143 Å². The van der Waals surface area contributed by atoms with Crippen LogP contribution in [0, 0.1) is 13.8 Å². The number of methoxy groups -OCH3 is 2. The van der Waals surface area contributed by atoms with E-state index in [2.05, 4.69) is 34.1 Å². The van der Waals surface area contributed by atoms with Gasteiger partial charge < -0.3 is 24.8 Å². The summed E-state index contributed by atoms with van der Waals surface area (Å²) >= 11 is 0. The highest BCUT2D eigenvalue weighted by Crippen LogP contribution is 2.28. The van der Waals surface area contributed by atoms with Crippen LogP contribution in [0.1, 0.15) is 87.0 Å². The number of amides is 2. The molecule has 0 saturated carbocycles. The zero-order valence-corrected chi connectivity index (χ0v) is 27.4. The maximum absolute atomic E-state index is 12.6. The van der Waals surface area contributed by atoms with Crippen molar-refractivity contribution < 1.29 is 28.7 Å². The summed E-state index contributed by atoms with van der Waals surface area (Å²) in [5.41, 5.74) is 10.2. The first-order chi connectivity index (χ1) is 21.4. The highest BCUT2D eigenvalue weighted by molar-refractivity contribution is 6.31. The number of hydrogen-bond donors (Lipinski definition) is 3. The number of carbonyl (C=O) groups is 4. The van der Waals surface area contributed by atoms with Gasteiger partial charge in [-0.3, -0.25) is 19.2 Å². The number of ether oxygens (including phenoxy) is 2. The fraction of sp³-hybridized carbons (Fsp3) is 0.400. The Balaban J connectivity index is 1.83. The molecule has 10 nitrogen and oxygen atoms in total. The van der Waals surface area contributed by atoms with Crippen molar-refractivity contribution in [3.63, 3.8) is 0 Å². The summed E-state index contributed by atoms with van der Waals surface area (Å²) in [6.45, 7) is 11.8. The van der Waals surface area contributed by atoms with Gasteiger partial charge in [0.1, 0.15) is 0 Å². The number of H-pyrrole nitrogens is 2. The third-order valence-electron chi connectivity index (χ3n) is 8.75. The van der Waals surface area contributed by atoms with Crippen LogP contribution in [-0.4, -0.2) is 53.7 Å². The molecule has 2 aliphatic heterocycles. The van der Waals surface area contributed by atoms with Gasteiger partial charge in [-0.2, -0.15) is 0 Å². The second kappa shape index (κ2) is 13.9. The van der Waals surface area contributed by atoms with E-state index >= 15 is 0 Å². The lowest BCUT2D eigenvalue weighted by Gasteiger charge is -2.04. The molecule has 0 unspecified atom stereocenters. The van der Waals surface area contributed by atoms with E-state index in [0.717, 1.165) is 74.0 Å². The molecular weight excluding hydrogens is 572 g/mol. The molecule has 2 aromatic heterocycles. The Hall–Kier alpha value is -4.73. The van der Waals surface area contributed by atoms with Gasteiger partial charge in [0.15, 0.2) is 0 Å². The molecule has 0 bridgehead atoms. The number of esters is 2. The van der Waals surface area contributed by atoms with Gasteiger partial charge in [-0.25, -0.2) is 4.99 Å². The van der Waals surface area contributed by atoms with Crippen molar-refractivity contribution >= 4 is 47.7 Å². The van der Waals surface area contributed by atoms with E-state index in [1.165, 1.54) is 14.2 Å². The number of hydrogen-bond acceptors (Lipinski definition) is 6. The number of aliphatic imine (C=N–C) groups is 1. The summed E-state index contributed by atoms with van der Waals surface area (Å²) in [4.78, 5) is 60.2. The van der Waals surface area contributed by atoms with Crippen molar-refractivity contribution in [1.29, 1.82) is 0 Å². The van der Waals surface area contributed by atoms with Gasteiger partial charge in [-0.15, -0.1) is 0 Å². The molecule has 10 heteroatoms. The van der Waals surface area contributed by atoms with Gasteiger partial charge in [0, 0.05) is 51.8 Å². The van der Waals surface area contributed by atoms with Gasteiger partial charge in [-0.05, 0) is 105 Å². The Kier molecular flexibility index (Phi) is 10.3. The average Bonchev–Trinajstić information content (AvgIpc) is 3.67. The smallest absolute Gasteiger partial charge is 0.305 e. The Morgan fingerprint density at radius 2 is 1.40 bits per heavy atom. The number of allylic oxidation sites excluding steroid dienone is 2. The van der Waals surface area contributed by atoms with E-state index in [1.54, 1.807) is 6.92 Å². The lowest BCUT2D eigenvalue weighted by molar-refractivity contribution is -0.141. The first kappa shape index (κ1) is 33.2. The highest BCUT2D eigenvalue weighted by atomic mass is 16.5. The molecule has 0 aliphatic carbocycles. The quantitative estimate of drug-likeness (QED) is 0.330. The molecule has 2 aliphatic rings. The maximum Gasteiger partial charge on any atom is 0.305 e. The SMILES string of the molecule is CCC1=C(C)C(=O)N/C1=C\c1[nH]c(/C=c2/[nH]/c(=C\C3=NC(=O)C(C)=C3CCC(=O)OC)c(CCC(=O)OC)c2C)c(C)c1CC. The molecule has 3 N–H and O–H groups in total. The minimum Gasteiger partial charge on any atom is -0.469 e. The third kappa shape index (κ3) is 6.84. The number of nitrogens with one attached hydrogen (secondary N) is 3. The molecule has 0 atom stereocenters. The van der Waals surface area contributed by atoms with E-state index in [-0.39, 0.29) is 36.6 Å². The lowest BCUT2D eigenvalue weighted by atomic mass is 10.00. The van der Waals surface area contributed by atoms with Crippen molar-refractivity contribution in [1.82, 2.24) is 15.3 Å². The van der Waals surface area contributed by atoms with Gasteiger partial charge in [0.05, 0.1) is 19.9 Å². The molecule has 0 saturated heterocycles. The molecule has 4 heterocycles. The zero-order valence-electron chi connectivity index (χ0n) is 27.4. The Labute approximate surface area is 263 Å². The van der Waals surface area contributed by atoms with Crippen molar-refractivity contribution in [3.8, 4) is 0 Å². The van der Waals surface area contributed by atoms with Crippen molar-refractivity contribution in [3.05, 3.63) is 72.3 Å². The summed E-state index contributed by atoms with van der Waals surface area (Å²) in [5.74, 6) is -1.09. The van der Waals surface area contributed by atoms with Crippen LogP contribution >= 0.6 is 0 Å². The van der Waals surface area contributed by atoms with Crippen LogP contribution in [0.15, 0.2) is 33.0 Å². The zero-order chi connectivity index (χ0) is 33.0. The summed E-state index contributed by atoms with van der Waals surface area (Å²) in [7, 11) is 2.70. The first-order valence-corrected chi connectivity index (χ1v) is 15.3. The van der Waals surface area contributed by atoms with Gasteiger partial charge in [-0.1, -0.05) is 13.8 Å². The number of rotatable bonds is 11. The van der Waals surface area contributed by atoms with Gasteiger partial charge in [0.2, 0.25) is 0 Å². The molecule has 0 radical (unpaired) electrons. The largest absolute Gasteiger partial charge is 0.469 e. The molecule has 2 aromatic rings. The average molecular weight is 615 g/mol. The Morgan fingerprint density at radius 3 is 2.02 bits per heavy atom. The lowest BCUT2D eigenvalue weighted by Crippen LogP contribution is -2.16. The summed E-state index contributed by atoms with van der Waals surface area (Å²) < 4.78 is 9.69. The van der Waals surface area contributed by atoms with Crippen LogP contribution in [-0.2, 0) is 41.5 Å². The molecule has 45 heavy (non-hydrogen) atoms. The summed E-state index contributed by atoms with van der Waals surface area (Å²) in [6.07, 6.45) is 8.48.